The summed E-state index contributed by atoms with van der Waals surface area (Å²) >= 11 is 0. The smallest absolute Gasteiger partial charge is 0.422 e. The van der Waals surface area contributed by atoms with Crippen LogP contribution in [-0.2, 0) is 4.74 Å². The monoisotopic (exact) mass is 274 g/mol. The number of hydrogen-bond donors (Lipinski definition) is 0. The number of alkyl halides is 3. The van der Waals surface area contributed by atoms with Crippen LogP contribution >= 0.6 is 0 Å². The Labute approximate surface area is 112 Å². The van der Waals surface area contributed by atoms with Gasteiger partial charge in [0.25, 0.3) is 0 Å². The SMILES string of the molecule is C=C(C=C(C=C(C)CC1CC1)OCC(F)(F)F)CC. The summed E-state index contributed by atoms with van der Waals surface area (Å²) in [7, 11) is 0. The Morgan fingerprint density at radius 1 is 1.32 bits per heavy atom. The van der Waals surface area contributed by atoms with Crippen molar-refractivity contribution >= 4 is 0 Å². The Bertz CT molecular complexity index is 373. The molecule has 0 aliphatic heterocycles. The second-order valence-electron chi connectivity index (χ2n) is 5.10. The molecule has 108 valence electrons. The van der Waals surface area contributed by atoms with Crippen LogP contribution in [0.2, 0.25) is 0 Å². The van der Waals surface area contributed by atoms with Gasteiger partial charge in [-0.1, -0.05) is 24.6 Å². The maximum absolute atomic E-state index is 12.2. The highest BCUT2D eigenvalue weighted by Gasteiger charge is 2.28. The van der Waals surface area contributed by atoms with Crippen molar-refractivity contribution in [1.29, 1.82) is 0 Å². The van der Waals surface area contributed by atoms with Crippen molar-refractivity contribution in [3.8, 4) is 0 Å². The first-order valence-corrected chi connectivity index (χ1v) is 6.56. The molecule has 0 amide bonds. The highest BCUT2D eigenvalue weighted by Crippen LogP contribution is 2.35. The van der Waals surface area contributed by atoms with Crippen LogP contribution in [0.25, 0.3) is 0 Å². The molecular formula is C15H21F3O. The predicted octanol–water partition coefficient (Wildman–Crippen LogP) is 5.16. The van der Waals surface area contributed by atoms with Crippen LogP contribution in [0.4, 0.5) is 13.2 Å². The van der Waals surface area contributed by atoms with E-state index in [2.05, 4.69) is 6.58 Å². The third kappa shape index (κ3) is 7.75. The van der Waals surface area contributed by atoms with E-state index in [1.54, 1.807) is 12.2 Å². The summed E-state index contributed by atoms with van der Waals surface area (Å²) in [4.78, 5) is 0. The van der Waals surface area contributed by atoms with Gasteiger partial charge in [-0.25, -0.2) is 0 Å². The molecule has 1 aliphatic rings. The van der Waals surface area contributed by atoms with Gasteiger partial charge in [0.2, 0.25) is 0 Å². The van der Waals surface area contributed by atoms with Gasteiger partial charge in [-0.15, -0.1) is 0 Å². The maximum Gasteiger partial charge on any atom is 0.422 e. The zero-order chi connectivity index (χ0) is 14.5. The van der Waals surface area contributed by atoms with E-state index in [0.717, 1.165) is 17.6 Å². The fourth-order valence-electron chi connectivity index (χ4n) is 1.67. The van der Waals surface area contributed by atoms with E-state index < -0.39 is 12.8 Å². The molecule has 19 heavy (non-hydrogen) atoms. The van der Waals surface area contributed by atoms with Gasteiger partial charge in [0.15, 0.2) is 6.61 Å². The third-order valence-corrected chi connectivity index (χ3v) is 2.90. The lowest BCUT2D eigenvalue weighted by Gasteiger charge is -2.11. The standard InChI is InChI=1S/C15H21F3O/c1-4-11(2)8-14(19-10-15(16,17)18)9-12(3)7-13-5-6-13/h8-9,13H,2,4-7,10H2,1,3H3. The summed E-state index contributed by atoms with van der Waals surface area (Å²) in [5.41, 5.74) is 1.81. The molecule has 0 aromatic heterocycles. The van der Waals surface area contributed by atoms with Crippen molar-refractivity contribution in [3.05, 3.63) is 35.6 Å². The van der Waals surface area contributed by atoms with Crippen molar-refractivity contribution in [2.75, 3.05) is 6.61 Å². The van der Waals surface area contributed by atoms with Crippen LogP contribution in [0.3, 0.4) is 0 Å². The molecule has 1 fully saturated rings. The number of hydrogen-bond acceptors (Lipinski definition) is 1. The minimum absolute atomic E-state index is 0.252. The number of halogens is 3. The highest BCUT2D eigenvalue weighted by molar-refractivity contribution is 5.26. The van der Waals surface area contributed by atoms with Gasteiger partial charge in [-0.05, 0) is 50.7 Å². The minimum atomic E-state index is -4.31. The molecule has 1 aliphatic carbocycles. The van der Waals surface area contributed by atoms with Crippen LogP contribution < -0.4 is 0 Å². The lowest BCUT2D eigenvalue weighted by atomic mass is 10.1. The molecule has 0 unspecified atom stereocenters. The first-order chi connectivity index (χ1) is 8.80. The summed E-state index contributed by atoms with van der Waals surface area (Å²) in [5, 5.41) is 0. The van der Waals surface area contributed by atoms with Crippen molar-refractivity contribution in [2.45, 2.75) is 45.7 Å². The fraction of sp³-hybridized carbons (Fsp3) is 0.600. The van der Waals surface area contributed by atoms with E-state index >= 15 is 0 Å². The van der Waals surface area contributed by atoms with E-state index in [1.165, 1.54) is 12.8 Å². The van der Waals surface area contributed by atoms with Crippen molar-refractivity contribution in [1.82, 2.24) is 0 Å². The Hall–Kier alpha value is -1.19. The lowest BCUT2D eigenvalue weighted by molar-refractivity contribution is -0.163. The molecule has 1 rings (SSSR count). The van der Waals surface area contributed by atoms with Crippen molar-refractivity contribution in [2.24, 2.45) is 5.92 Å². The molecule has 0 atom stereocenters. The average molecular weight is 274 g/mol. The van der Waals surface area contributed by atoms with E-state index in [4.69, 9.17) is 4.74 Å². The van der Waals surface area contributed by atoms with E-state index in [1.807, 2.05) is 13.8 Å². The molecule has 1 nitrogen and oxygen atoms in total. The van der Waals surface area contributed by atoms with Gasteiger partial charge in [0, 0.05) is 0 Å². The molecule has 4 heteroatoms. The van der Waals surface area contributed by atoms with Crippen LogP contribution in [-0.4, -0.2) is 12.8 Å². The molecule has 0 heterocycles. The molecule has 0 saturated heterocycles. The molecule has 0 spiro atoms. The molecule has 0 bridgehead atoms. The Balaban J connectivity index is 2.67. The largest absolute Gasteiger partial charge is 0.484 e. The summed E-state index contributed by atoms with van der Waals surface area (Å²) in [6, 6.07) is 0. The van der Waals surface area contributed by atoms with Crippen LogP contribution in [0.5, 0.6) is 0 Å². The second-order valence-corrected chi connectivity index (χ2v) is 5.10. The van der Waals surface area contributed by atoms with Crippen LogP contribution in [0.15, 0.2) is 35.6 Å². The van der Waals surface area contributed by atoms with Crippen LogP contribution in [0, 0.1) is 5.92 Å². The zero-order valence-electron chi connectivity index (χ0n) is 11.5. The third-order valence-electron chi connectivity index (χ3n) is 2.90. The van der Waals surface area contributed by atoms with Gasteiger partial charge in [-0.2, -0.15) is 13.2 Å². The van der Waals surface area contributed by atoms with E-state index in [-0.39, 0.29) is 5.76 Å². The molecule has 0 aromatic carbocycles. The number of rotatable bonds is 7. The Morgan fingerprint density at radius 3 is 2.42 bits per heavy atom. The lowest BCUT2D eigenvalue weighted by Crippen LogP contribution is -2.16. The van der Waals surface area contributed by atoms with Gasteiger partial charge in [-0.3, -0.25) is 0 Å². The highest BCUT2D eigenvalue weighted by atomic mass is 19.4. The van der Waals surface area contributed by atoms with Crippen molar-refractivity contribution in [3.63, 3.8) is 0 Å². The molecule has 0 N–H and O–H groups in total. The molecular weight excluding hydrogens is 253 g/mol. The van der Waals surface area contributed by atoms with Gasteiger partial charge in [0.05, 0.1) is 0 Å². The first kappa shape index (κ1) is 15.9. The van der Waals surface area contributed by atoms with Gasteiger partial charge < -0.3 is 4.74 Å². The van der Waals surface area contributed by atoms with Crippen molar-refractivity contribution < 1.29 is 17.9 Å². The quantitative estimate of drug-likeness (QED) is 0.460. The summed E-state index contributed by atoms with van der Waals surface area (Å²) < 4.78 is 41.4. The summed E-state index contributed by atoms with van der Waals surface area (Å²) in [6.07, 6.45) is 3.03. The minimum Gasteiger partial charge on any atom is -0.484 e. The average Bonchev–Trinajstić information content (AvgIpc) is 3.08. The van der Waals surface area contributed by atoms with E-state index in [0.29, 0.717) is 12.3 Å². The molecule has 0 aromatic rings. The topological polar surface area (TPSA) is 9.23 Å². The fourth-order valence-corrected chi connectivity index (χ4v) is 1.67. The summed E-state index contributed by atoms with van der Waals surface area (Å²) in [6.45, 7) is 6.34. The predicted molar refractivity (Wildman–Crippen MR) is 70.6 cm³/mol. The second kappa shape index (κ2) is 6.83. The summed E-state index contributed by atoms with van der Waals surface area (Å²) in [5.74, 6) is 0.955. The van der Waals surface area contributed by atoms with E-state index in [9.17, 15) is 13.2 Å². The number of ether oxygens (including phenoxy) is 1. The first-order valence-electron chi connectivity index (χ1n) is 6.56. The molecule has 0 radical (unpaired) electrons. The Morgan fingerprint density at radius 2 is 1.95 bits per heavy atom. The van der Waals surface area contributed by atoms with Crippen LogP contribution in [0.1, 0.15) is 39.5 Å². The number of allylic oxidation sites excluding steroid dienone is 4. The zero-order valence-corrected chi connectivity index (χ0v) is 11.5. The normalized spacial score (nSPS) is 17.5. The van der Waals surface area contributed by atoms with Gasteiger partial charge >= 0.3 is 6.18 Å². The molecule has 1 saturated carbocycles. The Kier molecular flexibility index (Phi) is 5.70. The maximum atomic E-state index is 12.2. The van der Waals surface area contributed by atoms with Gasteiger partial charge in [0.1, 0.15) is 5.76 Å².